The van der Waals surface area contributed by atoms with Crippen LogP contribution in [0, 0.1) is 6.92 Å². The van der Waals surface area contributed by atoms with E-state index in [-0.39, 0.29) is 5.91 Å². The molecule has 1 aromatic carbocycles. The highest BCUT2D eigenvalue weighted by Gasteiger charge is 2.05. The smallest absolute Gasteiger partial charge is 0.246 e. The maximum absolute atomic E-state index is 11.7. The van der Waals surface area contributed by atoms with Crippen LogP contribution in [-0.4, -0.2) is 22.3 Å². The van der Waals surface area contributed by atoms with Crippen molar-refractivity contribution in [1.82, 2.24) is 9.78 Å². The van der Waals surface area contributed by atoms with Gasteiger partial charge in [-0.05, 0) is 43.2 Å². The molecule has 0 aliphatic carbocycles. The SMILES string of the molecule is Cc1cc(Cl)ccc1OCCCC(=O)n1cccn1. The number of nitrogens with zero attached hydrogens (tertiary/aromatic N) is 2. The molecule has 0 atom stereocenters. The molecule has 2 rings (SSSR count). The second-order valence-electron chi connectivity index (χ2n) is 4.21. The van der Waals surface area contributed by atoms with Gasteiger partial charge in [0.05, 0.1) is 6.61 Å². The zero-order valence-corrected chi connectivity index (χ0v) is 11.4. The van der Waals surface area contributed by atoms with E-state index in [0.29, 0.717) is 24.5 Å². The third-order valence-electron chi connectivity index (χ3n) is 2.69. The molecule has 0 N–H and O–H groups in total. The Hall–Kier alpha value is -1.81. The number of aryl methyl sites for hydroxylation is 1. The third-order valence-corrected chi connectivity index (χ3v) is 2.92. The number of benzene rings is 1. The first kappa shape index (κ1) is 13.6. The highest BCUT2D eigenvalue weighted by molar-refractivity contribution is 6.30. The maximum atomic E-state index is 11.7. The van der Waals surface area contributed by atoms with Gasteiger partial charge in [-0.2, -0.15) is 5.10 Å². The summed E-state index contributed by atoms with van der Waals surface area (Å²) in [7, 11) is 0. The van der Waals surface area contributed by atoms with Crippen LogP contribution in [0.25, 0.3) is 0 Å². The molecule has 0 spiro atoms. The molecule has 4 nitrogen and oxygen atoms in total. The van der Waals surface area contributed by atoms with Crippen molar-refractivity contribution in [3.05, 3.63) is 47.2 Å². The van der Waals surface area contributed by atoms with Crippen LogP contribution in [0.2, 0.25) is 5.02 Å². The number of hydrogen-bond donors (Lipinski definition) is 0. The van der Waals surface area contributed by atoms with Crippen LogP contribution in [0.15, 0.2) is 36.7 Å². The number of carbonyl (C=O) groups is 1. The summed E-state index contributed by atoms with van der Waals surface area (Å²) in [5, 5.41) is 4.58. The fraction of sp³-hybridized carbons (Fsp3) is 0.286. The Morgan fingerprint density at radius 2 is 2.32 bits per heavy atom. The molecule has 1 heterocycles. The number of rotatable bonds is 5. The molecule has 0 saturated carbocycles. The number of aromatic nitrogens is 2. The van der Waals surface area contributed by atoms with Gasteiger partial charge in [0.2, 0.25) is 5.91 Å². The minimum absolute atomic E-state index is 0.0265. The van der Waals surface area contributed by atoms with Gasteiger partial charge >= 0.3 is 0 Å². The van der Waals surface area contributed by atoms with Gasteiger partial charge in [-0.25, -0.2) is 4.68 Å². The molecule has 0 fully saturated rings. The van der Waals surface area contributed by atoms with E-state index in [1.807, 2.05) is 19.1 Å². The Bertz CT molecular complexity index is 553. The highest BCUT2D eigenvalue weighted by atomic mass is 35.5. The summed E-state index contributed by atoms with van der Waals surface area (Å²) in [6.45, 7) is 2.44. The standard InChI is InChI=1S/C14H15ClN2O2/c1-11-10-12(15)5-6-13(11)19-9-2-4-14(18)17-8-3-7-16-17/h3,5-8,10H,2,4,9H2,1H3. The summed E-state index contributed by atoms with van der Waals surface area (Å²) >= 11 is 5.87. The Morgan fingerprint density at radius 1 is 1.47 bits per heavy atom. The largest absolute Gasteiger partial charge is 0.493 e. The average Bonchev–Trinajstić information content (AvgIpc) is 2.90. The van der Waals surface area contributed by atoms with E-state index in [1.54, 1.807) is 24.5 Å². The van der Waals surface area contributed by atoms with Crippen LogP contribution < -0.4 is 4.74 Å². The van der Waals surface area contributed by atoms with E-state index in [0.717, 1.165) is 11.3 Å². The van der Waals surface area contributed by atoms with E-state index >= 15 is 0 Å². The van der Waals surface area contributed by atoms with Crippen LogP contribution in [0.4, 0.5) is 0 Å². The summed E-state index contributed by atoms with van der Waals surface area (Å²) in [6, 6.07) is 7.21. The Labute approximate surface area is 116 Å². The first-order valence-corrected chi connectivity index (χ1v) is 6.46. The molecule has 2 aromatic rings. The molecule has 19 heavy (non-hydrogen) atoms. The van der Waals surface area contributed by atoms with Gasteiger partial charge in [0.1, 0.15) is 5.75 Å². The van der Waals surface area contributed by atoms with Crippen molar-refractivity contribution in [1.29, 1.82) is 0 Å². The Morgan fingerprint density at radius 3 is 3.00 bits per heavy atom. The molecule has 0 unspecified atom stereocenters. The Kier molecular flexibility index (Phi) is 4.58. The fourth-order valence-electron chi connectivity index (χ4n) is 1.71. The van der Waals surface area contributed by atoms with Crippen LogP contribution in [0.5, 0.6) is 5.75 Å². The van der Waals surface area contributed by atoms with Crippen LogP contribution >= 0.6 is 11.6 Å². The van der Waals surface area contributed by atoms with E-state index < -0.39 is 0 Å². The number of hydrogen-bond acceptors (Lipinski definition) is 3. The van der Waals surface area contributed by atoms with Crippen molar-refractivity contribution in [3.8, 4) is 5.75 Å². The lowest BCUT2D eigenvalue weighted by Crippen LogP contribution is -2.12. The lowest BCUT2D eigenvalue weighted by atomic mass is 10.2. The summed E-state index contributed by atoms with van der Waals surface area (Å²) in [5.74, 6) is 0.775. The second-order valence-corrected chi connectivity index (χ2v) is 4.64. The summed E-state index contributed by atoms with van der Waals surface area (Å²) in [4.78, 5) is 11.7. The molecular weight excluding hydrogens is 264 g/mol. The molecular formula is C14H15ClN2O2. The normalized spacial score (nSPS) is 10.4. The van der Waals surface area contributed by atoms with Gasteiger partial charge in [0.15, 0.2) is 0 Å². The summed E-state index contributed by atoms with van der Waals surface area (Å²) < 4.78 is 6.96. The predicted octanol–water partition coefficient (Wildman–Crippen LogP) is 3.34. The van der Waals surface area contributed by atoms with Gasteiger partial charge < -0.3 is 4.74 Å². The molecule has 0 saturated heterocycles. The van der Waals surface area contributed by atoms with Crippen LogP contribution in [-0.2, 0) is 0 Å². The fourth-order valence-corrected chi connectivity index (χ4v) is 1.94. The minimum Gasteiger partial charge on any atom is -0.493 e. The van der Waals surface area contributed by atoms with Crippen molar-refractivity contribution in [2.75, 3.05) is 6.61 Å². The Balaban J connectivity index is 1.76. The van der Waals surface area contributed by atoms with Crippen molar-refractivity contribution >= 4 is 17.5 Å². The molecule has 0 aliphatic rings. The van der Waals surface area contributed by atoms with Crippen LogP contribution in [0.3, 0.4) is 0 Å². The zero-order valence-electron chi connectivity index (χ0n) is 10.7. The van der Waals surface area contributed by atoms with Crippen LogP contribution in [0.1, 0.15) is 23.2 Å². The molecule has 1 aromatic heterocycles. The highest BCUT2D eigenvalue weighted by Crippen LogP contribution is 2.21. The van der Waals surface area contributed by atoms with Crippen molar-refractivity contribution in [2.45, 2.75) is 19.8 Å². The van der Waals surface area contributed by atoms with E-state index in [9.17, 15) is 4.79 Å². The average molecular weight is 279 g/mol. The maximum Gasteiger partial charge on any atom is 0.246 e. The van der Waals surface area contributed by atoms with Gasteiger partial charge in [-0.1, -0.05) is 11.6 Å². The molecule has 0 bridgehead atoms. The molecule has 0 aliphatic heterocycles. The topological polar surface area (TPSA) is 44.1 Å². The molecule has 100 valence electrons. The second kappa shape index (κ2) is 6.38. The van der Waals surface area contributed by atoms with Gasteiger partial charge in [0, 0.05) is 23.8 Å². The lowest BCUT2D eigenvalue weighted by Gasteiger charge is -2.08. The van der Waals surface area contributed by atoms with E-state index in [1.165, 1.54) is 4.68 Å². The van der Waals surface area contributed by atoms with E-state index in [2.05, 4.69) is 5.10 Å². The molecule has 0 radical (unpaired) electrons. The zero-order chi connectivity index (χ0) is 13.7. The van der Waals surface area contributed by atoms with Gasteiger partial charge in [-0.15, -0.1) is 0 Å². The number of halogens is 1. The minimum atomic E-state index is -0.0265. The van der Waals surface area contributed by atoms with Gasteiger partial charge in [0.25, 0.3) is 0 Å². The number of ether oxygens (including phenoxy) is 1. The number of carbonyl (C=O) groups excluding carboxylic acids is 1. The summed E-state index contributed by atoms with van der Waals surface area (Å²) in [6.07, 6.45) is 4.30. The first-order chi connectivity index (χ1) is 9.16. The molecule has 5 heteroatoms. The monoisotopic (exact) mass is 278 g/mol. The predicted molar refractivity (Wildman–Crippen MR) is 73.8 cm³/mol. The third kappa shape index (κ3) is 3.83. The first-order valence-electron chi connectivity index (χ1n) is 6.08. The van der Waals surface area contributed by atoms with Gasteiger partial charge in [-0.3, -0.25) is 4.79 Å². The van der Waals surface area contributed by atoms with E-state index in [4.69, 9.17) is 16.3 Å². The summed E-state index contributed by atoms with van der Waals surface area (Å²) in [5.41, 5.74) is 0.992. The lowest BCUT2D eigenvalue weighted by molar-refractivity contribution is 0.0877. The van der Waals surface area contributed by atoms with Crippen molar-refractivity contribution in [2.24, 2.45) is 0 Å². The molecule has 0 amide bonds. The van der Waals surface area contributed by atoms with Crippen molar-refractivity contribution in [3.63, 3.8) is 0 Å². The van der Waals surface area contributed by atoms with Crippen molar-refractivity contribution < 1.29 is 9.53 Å². The quantitative estimate of drug-likeness (QED) is 0.788.